The van der Waals surface area contributed by atoms with Gasteiger partial charge in [0.1, 0.15) is 5.82 Å². The molecule has 3 heteroatoms. The van der Waals surface area contributed by atoms with Gasteiger partial charge in [-0.05, 0) is 55.3 Å². The van der Waals surface area contributed by atoms with E-state index in [1.54, 1.807) is 6.07 Å². The lowest BCUT2D eigenvalue weighted by Crippen LogP contribution is -2.11. The highest BCUT2D eigenvalue weighted by Gasteiger charge is 2.07. The van der Waals surface area contributed by atoms with Gasteiger partial charge < -0.3 is 5.32 Å². The van der Waals surface area contributed by atoms with E-state index in [0.29, 0.717) is 11.4 Å². The summed E-state index contributed by atoms with van der Waals surface area (Å²) in [6, 6.07) is 11.7. The molecule has 1 nitrogen and oxygen atoms in total. The smallest absolute Gasteiger partial charge is 0.137 e. The molecule has 2 rings (SSSR count). The van der Waals surface area contributed by atoms with Crippen molar-refractivity contribution in [2.75, 3.05) is 6.54 Å². The fourth-order valence-electron chi connectivity index (χ4n) is 1.94. The summed E-state index contributed by atoms with van der Waals surface area (Å²) in [6.45, 7) is 7.75. The lowest BCUT2D eigenvalue weighted by molar-refractivity contribution is 0.596. The molecule has 0 radical (unpaired) electrons. The highest BCUT2D eigenvalue weighted by Crippen LogP contribution is 2.33. The third kappa shape index (κ3) is 3.84. The van der Waals surface area contributed by atoms with Crippen molar-refractivity contribution in [2.45, 2.75) is 37.1 Å². The fourth-order valence-corrected chi connectivity index (χ4v) is 2.95. The van der Waals surface area contributed by atoms with Gasteiger partial charge in [-0.3, -0.25) is 0 Å². The molecule has 0 aliphatic heterocycles. The minimum absolute atomic E-state index is 0.147. The van der Waals surface area contributed by atoms with Crippen molar-refractivity contribution in [1.29, 1.82) is 0 Å². The van der Waals surface area contributed by atoms with Gasteiger partial charge in [-0.25, -0.2) is 4.39 Å². The molecule has 0 amide bonds. The monoisotopic (exact) mass is 289 g/mol. The average molecular weight is 289 g/mol. The summed E-state index contributed by atoms with van der Waals surface area (Å²) >= 11 is 1.49. The molecule has 2 aromatic rings. The summed E-state index contributed by atoms with van der Waals surface area (Å²) in [6.07, 6.45) is 0. The maximum Gasteiger partial charge on any atom is 0.137 e. The van der Waals surface area contributed by atoms with Gasteiger partial charge in [0.05, 0.1) is 0 Å². The van der Waals surface area contributed by atoms with Crippen molar-refractivity contribution < 1.29 is 4.39 Å². The van der Waals surface area contributed by atoms with Crippen LogP contribution in [0.15, 0.2) is 46.2 Å². The summed E-state index contributed by atoms with van der Waals surface area (Å²) in [7, 11) is 0. The van der Waals surface area contributed by atoms with Crippen LogP contribution in [0.1, 0.15) is 23.6 Å². The van der Waals surface area contributed by atoms with E-state index < -0.39 is 0 Å². The Hall–Kier alpha value is -1.32. The average Bonchev–Trinajstić information content (AvgIpc) is 2.43. The minimum atomic E-state index is -0.147. The van der Waals surface area contributed by atoms with Gasteiger partial charge in [-0.15, -0.1) is 0 Å². The van der Waals surface area contributed by atoms with E-state index in [9.17, 15) is 4.39 Å². The molecule has 20 heavy (non-hydrogen) atoms. The van der Waals surface area contributed by atoms with Crippen molar-refractivity contribution in [3.8, 4) is 0 Å². The van der Waals surface area contributed by atoms with E-state index in [1.165, 1.54) is 22.9 Å². The fraction of sp³-hybridized carbons (Fsp3) is 0.294. The van der Waals surface area contributed by atoms with E-state index in [0.717, 1.165) is 17.0 Å². The van der Waals surface area contributed by atoms with Gasteiger partial charge in [0.15, 0.2) is 0 Å². The summed E-state index contributed by atoms with van der Waals surface area (Å²) in [5.41, 5.74) is 3.36. The topological polar surface area (TPSA) is 12.0 Å². The quantitative estimate of drug-likeness (QED) is 0.856. The Balaban J connectivity index is 2.19. The molecule has 0 atom stereocenters. The lowest BCUT2D eigenvalue weighted by Gasteiger charge is -2.09. The Morgan fingerprint density at radius 2 is 1.85 bits per heavy atom. The van der Waals surface area contributed by atoms with Gasteiger partial charge in [0.2, 0.25) is 0 Å². The molecule has 2 aromatic carbocycles. The maximum absolute atomic E-state index is 14.1. The number of halogens is 1. The Morgan fingerprint density at radius 3 is 2.55 bits per heavy atom. The van der Waals surface area contributed by atoms with Crippen LogP contribution in [0.25, 0.3) is 0 Å². The Morgan fingerprint density at radius 1 is 1.05 bits per heavy atom. The highest BCUT2D eigenvalue weighted by atomic mass is 32.2. The van der Waals surface area contributed by atoms with Crippen molar-refractivity contribution in [3.05, 3.63) is 58.9 Å². The molecule has 1 N–H and O–H groups in total. The molecule has 0 saturated heterocycles. The first-order valence-corrected chi connectivity index (χ1v) is 7.66. The standard InChI is InChI=1S/C17H20FNS/c1-4-19-11-14-7-8-16(15(18)10-14)20-17-9-12(2)5-6-13(17)3/h5-10,19H,4,11H2,1-3H3. The number of hydrogen-bond acceptors (Lipinski definition) is 2. The van der Waals surface area contributed by atoms with Gasteiger partial charge in [-0.1, -0.05) is 36.9 Å². The number of nitrogens with one attached hydrogen (secondary N) is 1. The van der Waals surface area contributed by atoms with Crippen molar-refractivity contribution in [3.63, 3.8) is 0 Å². The van der Waals surface area contributed by atoms with E-state index in [-0.39, 0.29) is 5.82 Å². The first kappa shape index (κ1) is 15.1. The van der Waals surface area contributed by atoms with Crippen molar-refractivity contribution in [2.24, 2.45) is 0 Å². The lowest BCUT2D eigenvalue weighted by atomic mass is 10.2. The Bertz CT molecular complexity index is 596. The molecule has 0 aromatic heterocycles. The van der Waals surface area contributed by atoms with Crippen molar-refractivity contribution >= 4 is 11.8 Å². The largest absolute Gasteiger partial charge is 0.313 e. The van der Waals surface area contributed by atoms with Crippen LogP contribution < -0.4 is 5.32 Å². The van der Waals surface area contributed by atoms with E-state index in [4.69, 9.17) is 0 Å². The molecule has 0 spiro atoms. The maximum atomic E-state index is 14.1. The SMILES string of the molecule is CCNCc1ccc(Sc2cc(C)ccc2C)c(F)c1. The van der Waals surface area contributed by atoms with Crippen LogP contribution in [0.3, 0.4) is 0 Å². The Kier molecular flexibility index (Phi) is 5.21. The highest BCUT2D eigenvalue weighted by molar-refractivity contribution is 7.99. The first-order chi connectivity index (χ1) is 9.60. The van der Waals surface area contributed by atoms with Crippen LogP contribution in [0.4, 0.5) is 4.39 Å². The van der Waals surface area contributed by atoms with Crippen molar-refractivity contribution in [1.82, 2.24) is 5.32 Å². The van der Waals surface area contributed by atoms with Crippen LogP contribution >= 0.6 is 11.8 Å². The predicted molar refractivity (Wildman–Crippen MR) is 83.8 cm³/mol. The zero-order valence-corrected chi connectivity index (χ0v) is 13.0. The van der Waals surface area contributed by atoms with Crippen LogP contribution in [-0.4, -0.2) is 6.54 Å². The molecule has 0 unspecified atom stereocenters. The predicted octanol–water partition coefficient (Wildman–Crippen LogP) is 4.70. The third-order valence-corrected chi connectivity index (χ3v) is 4.35. The number of rotatable bonds is 5. The summed E-state index contributed by atoms with van der Waals surface area (Å²) in [5.74, 6) is -0.147. The number of hydrogen-bond donors (Lipinski definition) is 1. The molecular weight excluding hydrogens is 269 g/mol. The van der Waals surface area contributed by atoms with E-state index >= 15 is 0 Å². The van der Waals surface area contributed by atoms with Gasteiger partial charge in [0.25, 0.3) is 0 Å². The Labute approximate surface area is 124 Å². The second-order valence-electron chi connectivity index (χ2n) is 4.92. The second kappa shape index (κ2) is 6.91. The second-order valence-corrected chi connectivity index (χ2v) is 6.00. The van der Waals surface area contributed by atoms with E-state index in [1.807, 2.05) is 19.1 Å². The summed E-state index contributed by atoms with van der Waals surface area (Å²) < 4.78 is 14.1. The molecule has 0 heterocycles. The van der Waals surface area contributed by atoms with E-state index in [2.05, 4.69) is 37.4 Å². The zero-order chi connectivity index (χ0) is 14.5. The zero-order valence-electron chi connectivity index (χ0n) is 12.2. The first-order valence-electron chi connectivity index (χ1n) is 6.84. The molecule has 0 bridgehead atoms. The van der Waals surface area contributed by atoms with Crippen LogP contribution in [0, 0.1) is 19.7 Å². The summed E-state index contributed by atoms with van der Waals surface area (Å²) in [5, 5.41) is 3.20. The minimum Gasteiger partial charge on any atom is -0.313 e. The summed E-state index contributed by atoms with van der Waals surface area (Å²) in [4.78, 5) is 1.79. The molecule has 0 saturated carbocycles. The number of aryl methyl sites for hydroxylation is 2. The molecule has 106 valence electrons. The molecule has 0 aliphatic carbocycles. The van der Waals surface area contributed by atoms with Gasteiger partial charge in [-0.2, -0.15) is 0 Å². The van der Waals surface area contributed by atoms with Crippen LogP contribution in [0.2, 0.25) is 0 Å². The number of benzene rings is 2. The normalized spacial score (nSPS) is 10.8. The molecule has 0 aliphatic rings. The van der Waals surface area contributed by atoms with Gasteiger partial charge >= 0.3 is 0 Å². The third-order valence-electron chi connectivity index (χ3n) is 3.14. The van der Waals surface area contributed by atoms with Crippen LogP contribution in [-0.2, 0) is 6.54 Å². The van der Waals surface area contributed by atoms with Gasteiger partial charge in [0, 0.05) is 16.3 Å². The molecule has 0 fully saturated rings. The molecular formula is C17H20FNS. The van der Waals surface area contributed by atoms with Crippen LogP contribution in [0.5, 0.6) is 0 Å².